The standard InChI is InChI=1S/C26H28N2O/c1-17-12-14-21(15-13-17)27-24-16-20(4)28(25-19(3)9-7-11-23(24)25)26(29)22-10-6-5-8-18(22)2/h5-15,20,24,27H,16H2,1-4H3. The van der Waals surface area contributed by atoms with E-state index in [0.717, 1.165) is 34.5 Å². The van der Waals surface area contributed by atoms with E-state index < -0.39 is 0 Å². The number of anilines is 2. The lowest BCUT2D eigenvalue weighted by Gasteiger charge is -2.41. The summed E-state index contributed by atoms with van der Waals surface area (Å²) in [5.74, 6) is 0.0833. The van der Waals surface area contributed by atoms with E-state index in [9.17, 15) is 4.79 Å². The third-order valence-electron chi connectivity index (χ3n) is 5.89. The van der Waals surface area contributed by atoms with Crippen LogP contribution in [0.2, 0.25) is 0 Å². The molecule has 0 spiro atoms. The monoisotopic (exact) mass is 384 g/mol. The molecule has 2 unspecified atom stereocenters. The van der Waals surface area contributed by atoms with Gasteiger partial charge < -0.3 is 10.2 Å². The molecule has 1 amide bonds. The second kappa shape index (κ2) is 7.75. The summed E-state index contributed by atoms with van der Waals surface area (Å²) in [6, 6.07) is 23.0. The highest BCUT2D eigenvalue weighted by Crippen LogP contribution is 2.41. The van der Waals surface area contributed by atoms with Crippen LogP contribution in [0.25, 0.3) is 0 Å². The van der Waals surface area contributed by atoms with Gasteiger partial charge in [-0.05, 0) is 69.0 Å². The van der Waals surface area contributed by atoms with Crippen LogP contribution >= 0.6 is 0 Å². The lowest BCUT2D eigenvalue weighted by atomic mass is 9.88. The molecule has 1 aliphatic heterocycles. The lowest BCUT2D eigenvalue weighted by Crippen LogP contribution is -2.45. The average molecular weight is 385 g/mol. The third-order valence-corrected chi connectivity index (χ3v) is 5.89. The molecule has 3 aromatic carbocycles. The average Bonchev–Trinajstić information content (AvgIpc) is 2.70. The Morgan fingerprint density at radius 1 is 0.897 bits per heavy atom. The molecule has 0 radical (unpaired) electrons. The minimum atomic E-state index is 0.0833. The van der Waals surface area contributed by atoms with Crippen LogP contribution < -0.4 is 10.2 Å². The zero-order valence-electron chi connectivity index (χ0n) is 17.6. The molecule has 29 heavy (non-hydrogen) atoms. The first-order valence-electron chi connectivity index (χ1n) is 10.3. The van der Waals surface area contributed by atoms with Crippen LogP contribution in [0, 0.1) is 20.8 Å². The molecule has 1 aliphatic rings. The van der Waals surface area contributed by atoms with Crippen molar-refractivity contribution in [3.8, 4) is 0 Å². The SMILES string of the molecule is Cc1ccc(NC2CC(C)N(C(=O)c3ccccc3C)c3c(C)cccc32)cc1. The number of carbonyl (C=O) groups excluding carboxylic acids is 1. The molecule has 0 fully saturated rings. The van der Waals surface area contributed by atoms with Gasteiger partial charge in [-0.3, -0.25) is 4.79 Å². The molecule has 4 rings (SSSR count). The van der Waals surface area contributed by atoms with Crippen molar-refractivity contribution in [2.45, 2.75) is 46.2 Å². The first-order chi connectivity index (χ1) is 14.0. The van der Waals surface area contributed by atoms with E-state index in [0.29, 0.717) is 0 Å². The highest BCUT2D eigenvalue weighted by atomic mass is 16.2. The van der Waals surface area contributed by atoms with Gasteiger partial charge in [0.15, 0.2) is 0 Å². The van der Waals surface area contributed by atoms with Gasteiger partial charge in [0, 0.05) is 17.3 Å². The summed E-state index contributed by atoms with van der Waals surface area (Å²) < 4.78 is 0. The van der Waals surface area contributed by atoms with Gasteiger partial charge in [0.1, 0.15) is 0 Å². The number of benzene rings is 3. The van der Waals surface area contributed by atoms with Gasteiger partial charge in [-0.1, -0.05) is 54.1 Å². The summed E-state index contributed by atoms with van der Waals surface area (Å²) in [5.41, 5.74) is 7.51. The Kier molecular flexibility index (Phi) is 5.14. The van der Waals surface area contributed by atoms with Gasteiger partial charge in [-0.25, -0.2) is 0 Å². The van der Waals surface area contributed by atoms with Gasteiger partial charge in [-0.15, -0.1) is 0 Å². The van der Waals surface area contributed by atoms with Crippen molar-refractivity contribution in [2.24, 2.45) is 0 Å². The lowest BCUT2D eigenvalue weighted by molar-refractivity contribution is 0.0973. The zero-order chi connectivity index (χ0) is 20.5. The summed E-state index contributed by atoms with van der Waals surface area (Å²) >= 11 is 0. The quantitative estimate of drug-likeness (QED) is 0.583. The first kappa shape index (κ1) is 19.3. The van der Waals surface area contributed by atoms with E-state index in [1.165, 1.54) is 11.1 Å². The maximum absolute atomic E-state index is 13.6. The van der Waals surface area contributed by atoms with Crippen molar-refractivity contribution in [3.05, 3.63) is 94.5 Å². The van der Waals surface area contributed by atoms with Crippen LogP contribution in [-0.2, 0) is 0 Å². The normalized spacial score (nSPS) is 18.3. The maximum atomic E-state index is 13.6. The Balaban J connectivity index is 1.74. The molecule has 2 atom stereocenters. The number of nitrogens with zero attached hydrogens (tertiary/aromatic N) is 1. The molecule has 0 saturated carbocycles. The fourth-order valence-corrected chi connectivity index (χ4v) is 4.32. The summed E-state index contributed by atoms with van der Waals surface area (Å²) in [4.78, 5) is 15.6. The number of para-hydroxylation sites is 1. The van der Waals surface area contributed by atoms with E-state index in [1.54, 1.807) is 0 Å². The topological polar surface area (TPSA) is 32.3 Å². The Hall–Kier alpha value is -3.07. The van der Waals surface area contributed by atoms with E-state index in [2.05, 4.69) is 68.6 Å². The maximum Gasteiger partial charge on any atom is 0.258 e. The number of fused-ring (bicyclic) bond motifs is 1. The van der Waals surface area contributed by atoms with Crippen LogP contribution in [-0.4, -0.2) is 11.9 Å². The van der Waals surface area contributed by atoms with Crippen LogP contribution in [0.3, 0.4) is 0 Å². The predicted molar refractivity (Wildman–Crippen MR) is 121 cm³/mol. The number of aryl methyl sites for hydroxylation is 3. The summed E-state index contributed by atoms with van der Waals surface area (Å²) in [6.07, 6.45) is 0.863. The molecule has 0 saturated heterocycles. The summed E-state index contributed by atoms with van der Waals surface area (Å²) in [7, 11) is 0. The van der Waals surface area contributed by atoms with Crippen molar-refractivity contribution in [1.29, 1.82) is 0 Å². The van der Waals surface area contributed by atoms with Gasteiger partial charge in [0.2, 0.25) is 0 Å². The molecule has 0 aliphatic carbocycles. The first-order valence-corrected chi connectivity index (χ1v) is 10.3. The van der Waals surface area contributed by atoms with Crippen molar-refractivity contribution >= 4 is 17.3 Å². The second-order valence-electron chi connectivity index (χ2n) is 8.15. The molecule has 3 nitrogen and oxygen atoms in total. The van der Waals surface area contributed by atoms with Crippen molar-refractivity contribution in [3.63, 3.8) is 0 Å². The van der Waals surface area contributed by atoms with Crippen LogP contribution in [0.15, 0.2) is 66.7 Å². The Morgan fingerprint density at radius 3 is 2.31 bits per heavy atom. The number of nitrogens with one attached hydrogen (secondary N) is 1. The van der Waals surface area contributed by atoms with Crippen LogP contribution in [0.1, 0.15) is 52.0 Å². The molecule has 0 aromatic heterocycles. The number of hydrogen-bond donors (Lipinski definition) is 1. The van der Waals surface area contributed by atoms with Gasteiger partial charge in [-0.2, -0.15) is 0 Å². The van der Waals surface area contributed by atoms with Gasteiger partial charge in [0.25, 0.3) is 5.91 Å². The predicted octanol–water partition coefficient (Wildman–Crippen LogP) is 6.20. The number of rotatable bonds is 3. The molecule has 148 valence electrons. The number of amides is 1. The van der Waals surface area contributed by atoms with Crippen LogP contribution in [0.5, 0.6) is 0 Å². The van der Waals surface area contributed by atoms with E-state index in [4.69, 9.17) is 0 Å². The largest absolute Gasteiger partial charge is 0.378 e. The molecular formula is C26H28N2O. The second-order valence-corrected chi connectivity index (χ2v) is 8.15. The third kappa shape index (κ3) is 3.65. The Bertz CT molecular complexity index is 1040. The molecule has 3 heteroatoms. The summed E-state index contributed by atoms with van der Waals surface area (Å²) in [5, 5.41) is 3.69. The molecule has 1 N–H and O–H groups in total. The van der Waals surface area contributed by atoms with E-state index in [1.807, 2.05) is 36.1 Å². The van der Waals surface area contributed by atoms with E-state index in [-0.39, 0.29) is 18.0 Å². The molecule has 1 heterocycles. The minimum absolute atomic E-state index is 0.0833. The van der Waals surface area contributed by atoms with Crippen LogP contribution in [0.4, 0.5) is 11.4 Å². The fourth-order valence-electron chi connectivity index (χ4n) is 4.32. The van der Waals surface area contributed by atoms with E-state index >= 15 is 0 Å². The molecule has 3 aromatic rings. The highest BCUT2D eigenvalue weighted by molar-refractivity contribution is 6.08. The van der Waals surface area contributed by atoms with Crippen molar-refractivity contribution in [1.82, 2.24) is 0 Å². The smallest absolute Gasteiger partial charge is 0.258 e. The fraction of sp³-hybridized carbons (Fsp3) is 0.269. The molecule has 0 bridgehead atoms. The highest BCUT2D eigenvalue weighted by Gasteiger charge is 2.35. The minimum Gasteiger partial charge on any atom is -0.378 e. The number of carbonyl (C=O) groups is 1. The zero-order valence-corrected chi connectivity index (χ0v) is 17.6. The Morgan fingerprint density at radius 2 is 1.59 bits per heavy atom. The van der Waals surface area contributed by atoms with Gasteiger partial charge in [0.05, 0.1) is 11.7 Å². The van der Waals surface area contributed by atoms with Crippen molar-refractivity contribution in [2.75, 3.05) is 10.2 Å². The van der Waals surface area contributed by atoms with Gasteiger partial charge >= 0.3 is 0 Å². The summed E-state index contributed by atoms with van der Waals surface area (Å²) in [6.45, 7) is 8.34. The Labute approximate surface area is 173 Å². The molecular weight excluding hydrogens is 356 g/mol. The number of hydrogen-bond acceptors (Lipinski definition) is 2. The van der Waals surface area contributed by atoms with Crippen molar-refractivity contribution < 1.29 is 4.79 Å².